The predicted octanol–water partition coefficient (Wildman–Crippen LogP) is 3.18. The molecule has 0 aliphatic heterocycles. The summed E-state index contributed by atoms with van der Waals surface area (Å²) in [5, 5.41) is 3.53. The summed E-state index contributed by atoms with van der Waals surface area (Å²) in [7, 11) is 2.10. The molecule has 0 spiro atoms. The lowest BCUT2D eigenvalue weighted by Crippen LogP contribution is -3.10. The maximum atomic E-state index is 12.4. The van der Waals surface area contributed by atoms with Crippen LogP contribution in [-0.2, 0) is 11.2 Å². The molecule has 1 amide bonds. The Morgan fingerprint density at radius 2 is 2.08 bits per heavy atom. The quantitative estimate of drug-likeness (QED) is 0.878. The standard InChI is InChI=1S/C20H23ClN2O/c1-14-10-11-18(17(21)12-14)22-20(24)13-23(2)19-9-5-7-15-6-3-4-8-16(15)19/h3-4,6,8,10-12,19H,5,7,9,13H2,1-2H3,(H,22,24)/p+1/t19-/m0/s1. The number of anilines is 1. The van der Waals surface area contributed by atoms with Gasteiger partial charge in [-0.1, -0.05) is 41.9 Å². The smallest absolute Gasteiger partial charge is 0.279 e. The number of nitrogens with one attached hydrogen (secondary N) is 2. The predicted molar refractivity (Wildman–Crippen MR) is 98.7 cm³/mol. The van der Waals surface area contributed by atoms with Gasteiger partial charge in [-0.15, -0.1) is 0 Å². The molecule has 126 valence electrons. The Bertz CT molecular complexity index is 744. The summed E-state index contributed by atoms with van der Waals surface area (Å²) in [5.41, 5.74) is 4.58. The highest BCUT2D eigenvalue weighted by atomic mass is 35.5. The number of benzene rings is 2. The van der Waals surface area contributed by atoms with Crippen molar-refractivity contribution in [2.24, 2.45) is 0 Å². The Hall–Kier alpha value is -1.84. The molecular weight excluding hydrogens is 320 g/mol. The molecule has 24 heavy (non-hydrogen) atoms. The van der Waals surface area contributed by atoms with Crippen molar-refractivity contribution in [1.82, 2.24) is 0 Å². The van der Waals surface area contributed by atoms with Gasteiger partial charge in [0.15, 0.2) is 6.54 Å². The number of halogens is 1. The first-order valence-corrected chi connectivity index (χ1v) is 8.88. The van der Waals surface area contributed by atoms with Crippen LogP contribution in [0.5, 0.6) is 0 Å². The van der Waals surface area contributed by atoms with E-state index in [1.165, 1.54) is 22.4 Å². The lowest BCUT2D eigenvalue weighted by atomic mass is 9.87. The summed E-state index contributed by atoms with van der Waals surface area (Å²) in [6, 6.07) is 14.7. The van der Waals surface area contributed by atoms with Gasteiger partial charge in [-0.25, -0.2) is 0 Å². The second kappa shape index (κ2) is 7.37. The van der Waals surface area contributed by atoms with Gasteiger partial charge in [0.05, 0.1) is 17.8 Å². The molecule has 2 aromatic carbocycles. The van der Waals surface area contributed by atoms with Gasteiger partial charge in [0.2, 0.25) is 0 Å². The van der Waals surface area contributed by atoms with E-state index in [2.05, 4.69) is 36.6 Å². The fraction of sp³-hybridized carbons (Fsp3) is 0.350. The molecule has 1 aliphatic rings. The summed E-state index contributed by atoms with van der Waals surface area (Å²) >= 11 is 6.20. The minimum absolute atomic E-state index is 0.00121. The molecule has 0 fully saturated rings. The molecular formula is C20H24ClN2O+. The number of quaternary nitrogens is 1. The van der Waals surface area contributed by atoms with Crippen LogP contribution in [0.1, 0.15) is 35.6 Å². The molecule has 0 bridgehead atoms. The lowest BCUT2D eigenvalue weighted by Gasteiger charge is -2.30. The van der Waals surface area contributed by atoms with Gasteiger partial charge < -0.3 is 10.2 Å². The van der Waals surface area contributed by atoms with Crippen molar-refractivity contribution >= 4 is 23.2 Å². The Labute approximate surface area is 148 Å². The third-order valence-corrected chi connectivity index (χ3v) is 5.12. The molecule has 0 saturated carbocycles. The van der Waals surface area contributed by atoms with Crippen LogP contribution in [0.3, 0.4) is 0 Å². The van der Waals surface area contributed by atoms with Crippen LogP contribution in [0.15, 0.2) is 42.5 Å². The Morgan fingerprint density at radius 1 is 1.29 bits per heavy atom. The Morgan fingerprint density at radius 3 is 2.88 bits per heavy atom. The van der Waals surface area contributed by atoms with E-state index in [1.54, 1.807) is 0 Å². The zero-order valence-electron chi connectivity index (χ0n) is 14.2. The van der Waals surface area contributed by atoms with Crippen LogP contribution in [0, 0.1) is 6.92 Å². The third-order valence-electron chi connectivity index (χ3n) is 4.80. The summed E-state index contributed by atoms with van der Waals surface area (Å²) in [5.74, 6) is 0.00121. The fourth-order valence-electron chi connectivity index (χ4n) is 3.56. The van der Waals surface area contributed by atoms with E-state index in [0.29, 0.717) is 23.3 Å². The molecule has 2 atom stereocenters. The van der Waals surface area contributed by atoms with E-state index < -0.39 is 0 Å². The number of hydrogen-bond acceptors (Lipinski definition) is 1. The largest absolute Gasteiger partial charge is 0.323 e. The molecule has 0 saturated heterocycles. The first-order valence-electron chi connectivity index (χ1n) is 8.50. The molecule has 0 radical (unpaired) electrons. The van der Waals surface area contributed by atoms with E-state index >= 15 is 0 Å². The van der Waals surface area contributed by atoms with Crippen LogP contribution in [0.4, 0.5) is 5.69 Å². The van der Waals surface area contributed by atoms with Crippen molar-refractivity contribution in [1.29, 1.82) is 0 Å². The fourth-order valence-corrected chi connectivity index (χ4v) is 3.84. The van der Waals surface area contributed by atoms with Crippen LogP contribution in [0.2, 0.25) is 5.02 Å². The summed E-state index contributed by atoms with van der Waals surface area (Å²) in [6.45, 7) is 2.42. The number of carbonyl (C=O) groups excluding carboxylic acids is 1. The molecule has 2 aromatic rings. The molecule has 4 heteroatoms. The number of fused-ring (bicyclic) bond motifs is 1. The summed E-state index contributed by atoms with van der Waals surface area (Å²) < 4.78 is 0. The summed E-state index contributed by atoms with van der Waals surface area (Å²) in [6.07, 6.45) is 3.46. The molecule has 3 rings (SSSR count). The molecule has 1 aliphatic carbocycles. The van der Waals surface area contributed by atoms with Gasteiger partial charge in [-0.05, 0) is 43.0 Å². The van der Waals surface area contributed by atoms with Crippen molar-refractivity contribution < 1.29 is 9.69 Å². The van der Waals surface area contributed by atoms with Gasteiger partial charge in [0.1, 0.15) is 6.04 Å². The average molecular weight is 344 g/mol. The van der Waals surface area contributed by atoms with Gasteiger partial charge in [0, 0.05) is 12.0 Å². The first-order chi connectivity index (χ1) is 11.5. The van der Waals surface area contributed by atoms with Crippen molar-refractivity contribution in [3.05, 3.63) is 64.2 Å². The highest BCUT2D eigenvalue weighted by Gasteiger charge is 2.28. The lowest BCUT2D eigenvalue weighted by molar-refractivity contribution is -0.905. The van der Waals surface area contributed by atoms with E-state index in [-0.39, 0.29) is 5.91 Å². The third kappa shape index (κ3) is 3.80. The first kappa shape index (κ1) is 17.0. The second-order valence-electron chi connectivity index (χ2n) is 6.70. The van der Waals surface area contributed by atoms with Crippen molar-refractivity contribution in [2.75, 3.05) is 18.9 Å². The number of amides is 1. The highest BCUT2D eigenvalue weighted by Crippen LogP contribution is 2.27. The maximum absolute atomic E-state index is 12.4. The molecule has 1 unspecified atom stereocenters. The zero-order valence-corrected chi connectivity index (χ0v) is 15.0. The van der Waals surface area contributed by atoms with Gasteiger partial charge >= 0.3 is 0 Å². The van der Waals surface area contributed by atoms with Crippen molar-refractivity contribution in [3.63, 3.8) is 0 Å². The van der Waals surface area contributed by atoms with Gasteiger partial charge in [-0.3, -0.25) is 4.79 Å². The van der Waals surface area contributed by atoms with Gasteiger partial charge in [-0.2, -0.15) is 0 Å². The number of hydrogen-bond donors (Lipinski definition) is 2. The molecule has 2 N–H and O–H groups in total. The van der Waals surface area contributed by atoms with E-state index in [0.717, 1.165) is 18.4 Å². The number of rotatable bonds is 4. The molecule has 0 heterocycles. The van der Waals surface area contributed by atoms with Crippen molar-refractivity contribution in [3.8, 4) is 0 Å². The zero-order chi connectivity index (χ0) is 17.1. The summed E-state index contributed by atoms with van der Waals surface area (Å²) in [4.78, 5) is 13.6. The van der Waals surface area contributed by atoms with E-state index in [4.69, 9.17) is 11.6 Å². The monoisotopic (exact) mass is 343 g/mol. The number of likely N-dealkylation sites (N-methyl/N-ethyl adjacent to an activating group) is 1. The second-order valence-corrected chi connectivity index (χ2v) is 7.11. The van der Waals surface area contributed by atoms with Crippen LogP contribution < -0.4 is 10.2 Å². The minimum atomic E-state index is 0.00121. The number of aryl methyl sites for hydroxylation is 2. The van der Waals surface area contributed by atoms with Crippen LogP contribution >= 0.6 is 11.6 Å². The average Bonchev–Trinajstić information content (AvgIpc) is 2.57. The molecule has 0 aromatic heterocycles. The maximum Gasteiger partial charge on any atom is 0.279 e. The number of carbonyl (C=O) groups is 1. The topological polar surface area (TPSA) is 33.5 Å². The van der Waals surface area contributed by atoms with Crippen LogP contribution in [0.25, 0.3) is 0 Å². The molecule has 3 nitrogen and oxygen atoms in total. The van der Waals surface area contributed by atoms with E-state index in [9.17, 15) is 4.79 Å². The SMILES string of the molecule is Cc1ccc(NC(=O)C[NH+](C)[C@H]2CCCc3ccccc32)c(Cl)c1. The van der Waals surface area contributed by atoms with Gasteiger partial charge in [0.25, 0.3) is 5.91 Å². The Kier molecular flexibility index (Phi) is 5.22. The highest BCUT2D eigenvalue weighted by molar-refractivity contribution is 6.33. The van der Waals surface area contributed by atoms with E-state index in [1.807, 2.05) is 25.1 Å². The minimum Gasteiger partial charge on any atom is -0.323 e. The Balaban J connectivity index is 1.67. The van der Waals surface area contributed by atoms with Crippen LogP contribution in [-0.4, -0.2) is 19.5 Å². The van der Waals surface area contributed by atoms with Crippen molar-refractivity contribution in [2.45, 2.75) is 32.2 Å². The normalized spacial score (nSPS) is 17.9.